The molecule has 1 aliphatic rings. The minimum absolute atomic E-state index is 0.0508. The Bertz CT molecular complexity index is 1140. The van der Waals surface area contributed by atoms with E-state index in [0.29, 0.717) is 22.8 Å². The van der Waals surface area contributed by atoms with E-state index in [9.17, 15) is 14.9 Å². The quantitative estimate of drug-likeness (QED) is 0.427. The maximum atomic E-state index is 13.7. The molecule has 0 aliphatic carbocycles. The lowest BCUT2D eigenvalue weighted by Crippen LogP contribution is -2.40. The number of nitrogens with zero attached hydrogens (tertiary/aromatic N) is 2. The number of amides is 1. The smallest absolute Gasteiger partial charge is 0.269 e. The first-order chi connectivity index (χ1) is 15.0. The zero-order valence-electron chi connectivity index (χ0n) is 17.0. The summed E-state index contributed by atoms with van der Waals surface area (Å²) in [4.78, 5) is 25.8. The van der Waals surface area contributed by atoms with Crippen LogP contribution in [-0.2, 0) is 9.53 Å². The van der Waals surface area contributed by atoms with Crippen molar-refractivity contribution in [2.24, 2.45) is 0 Å². The number of ether oxygens (including phenoxy) is 2. The summed E-state index contributed by atoms with van der Waals surface area (Å²) in [7, 11) is 1.58. The van der Waals surface area contributed by atoms with E-state index in [0.717, 1.165) is 11.1 Å². The second-order valence-corrected chi connectivity index (χ2v) is 6.99. The van der Waals surface area contributed by atoms with E-state index in [1.807, 2.05) is 42.5 Å². The summed E-state index contributed by atoms with van der Waals surface area (Å²) < 4.78 is 11.5. The molecule has 0 N–H and O–H groups in total. The summed E-state index contributed by atoms with van der Waals surface area (Å²) in [5, 5.41) is 11.1. The molecule has 3 aromatic rings. The summed E-state index contributed by atoms with van der Waals surface area (Å²) in [6, 6.07) is 22.4. The first-order valence-corrected chi connectivity index (χ1v) is 9.64. The lowest BCUT2D eigenvalue weighted by Gasteiger charge is -2.37. The molecule has 0 bridgehead atoms. The molecule has 0 spiro atoms. The molecular formula is C24H20N2O5. The Morgan fingerprint density at radius 1 is 0.968 bits per heavy atom. The molecule has 1 atom stereocenters. The third-order valence-corrected chi connectivity index (χ3v) is 5.11. The minimum Gasteiger partial charge on any atom is -0.497 e. The predicted molar refractivity (Wildman–Crippen MR) is 116 cm³/mol. The highest BCUT2D eigenvalue weighted by Gasteiger charge is 2.37. The van der Waals surface area contributed by atoms with E-state index in [1.165, 1.54) is 17.0 Å². The van der Waals surface area contributed by atoms with E-state index >= 15 is 0 Å². The highest BCUT2D eigenvalue weighted by Crippen LogP contribution is 2.40. The normalized spacial score (nSPS) is 16.1. The van der Waals surface area contributed by atoms with E-state index in [1.54, 1.807) is 38.3 Å². The maximum Gasteiger partial charge on any atom is 0.269 e. The van der Waals surface area contributed by atoms with Crippen molar-refractivity contribution in [2.75, 3.05) is 12.0 Å². The van der Waals surface area contributed by atoms with Crippen molar-refractivity contribution in [3.05, 3.63) is 106 Å². The van der Waals surface area contributed by atoms with Gasteiger partial charge in [-0.3, -0.25) is 19.8 Å². The number of non-ortho nitro benzene ring substituents is 1. The molecule has 0 fully saturated rings. The van der Waals surface area contributed by atoms with Crippen LogP contribution in [0.1, 0.15) is 24.3 Å². The molecule has 7 nitrogen and oxygen atoms in total. The molecule has 4 rings (SSSR count). The van der Waals surface area contributed by atoms with Gasteiger partial charge in [-0.2, -0.15) is 0 Å². The van der Waals surface area contributed by atoms with Crippen LogP contribution in [0.4, 0.5) is 11.4 Å². The average molecular weight is 416 g/mol. The van der Waals surface area contributed by atoms with Crippen LogP contribution in [0.25, 0.3) is 5.57 Å². The molecule has 1 amide bonds. The van der Waals surface area contributed by atoms with Crippen LogP contribution in [-0.4, -0.2) is 17.9 Å². The first-order valence-electron chi connectivity index (χ1n) is 9.64. The highest BCUT2D eigenvalue weighted by molar-refractivity contribution is 6.27. The Balaban J connectivity index is 1.82. The van der Waals surface area contributed by atoms with Crippen molar-refractivity contribution in [2.45, 2.75) is 13.2 Å². The number of hydrogen-bond acceptors (Lipinski definition) is 5. The van der Waals surface area contributed by atoms with Gasteiger partial charge in [-0.05, 0) is 48.9 Å². The third-order valence-electron chi connectivity index (χ3n) is 5.11. The van der Waals surface area contributed by atoms with Crippen LogP contribution >= 0.6 is 0 Å². The van der Waals surface area contributed by atoms with Crippen molar-refractivity contribution in [1.82, 2.24) is 0 Å². The molecule has 156 valence electrons. The van der Waals surface area contributed by atoms with Gasteiger partial charge in [-0.15, -0.1) is 0 Å². The molecule has 0 saturated heterocycles. The molecular weight excluding hydrogens is 396 g/mol. The number of nitro benzene ring substituents is 1. The van der Waals surface area contributed by atoms with Gasteiger partial charge < -0.3 is 9.47 Å². The summed E-state index contributed by atoms with van der Waals surface area (Å²) in [6.07, 6.45) is -0.729. The van der Waals surface area contributed by atoms with Crippen LogP contribution in [0.5, 0.6) is 5.75 Å². The van der Waals surface area contributed by atoms with Gasteiger partial charge in [-0.1, -0.05) is 30.3 Å². The first kappa shape index (κ1) is 20.2. The van der Waals surface area contributed by atoms with E-state index in [4.69, 9.17) is 9.47 Å². The molecule has 1 aliphatic heterocycles. The topological polar surface area (TPSA) is 81.9 Å². The zero-order chi connectivity index (χ0) is 22.0. The van der Waals surface area contributed by atoms with Crippen LogP contribution in [0, 0.1) is 10.1 Å². The van der Waals surface area contributed by atoms with E-state index < -0.39 is 11.2 Å². The van der Waals surface area contributed by atoms with Gasteiger partial charge in [0.2, 0.25) is 6.23 Å². The SMILES string of the molecule is COc1ccc([C@@H]2OC(C)=C(c3ccccc3)C(=O)N2c2ccc([N+](=O)[O-])cc2)cc1. The number of carbonyl (C=O) groups is 1. The predicted octanol–water partition coefficient (Wildman–Crippen LogP) is 5.10. The second-order valence-electron chi connectivity index (χ2n) is 6.99. The number of hydrogen-bond donors (Lipinski definition) is 0. The summed E-state index contributed by atoms with van der Waals surface area (Å²) >= 11 is 0. The van der Waals surface area contributed by atoms with Gasteiger partial charge in [0.25, 0.3) is 11.6 Å². The van der Waals surface area contributed by atoms with Crippen molar-refractivity contribution in [1.29, 1.82) is 0 Å². The Morgan fingerprint density at radius 2 is 1.61 bits per heavy atom. The molecule has 1 heterocycles. The molecule has 0 unspecified atom stereocenters. The fraction of sp³-hybridized carbons (Fsp3) is 0.125. The Morgan fingerprint density at radius 3 is 2.19 bits per heavy atom. The van der Waals surface area contributed by atoms with Gasteiger partial charge in [0.1, 0.15) is 11.5 Å². The fourth-order valence-electron chi connectivity index (χ4n) is 3.56. The number of anilines is 1. The van der Waals surface area contributed by atoms with Gasteiger partial charge in [-0.25, -0.2) is 0 Å². The summed E-state index contributed by atoms with van der Waals surface area (Å²) in [5.74, 6) is 0.949. The third kappa shape index (κ3) is 3.85. The number of allylic oxidation sites excluding steroid dienone is 1. The van der Waals surface area contributed by atoms with Crippen LogP contribution in [0.2, 0.25) is 0 Å². The van der Waals surface area contributed by atoms with Gasteiger partial charge in [0, 0.05) is 23.4 Å². The van der Waals surface area contributed by atoms with Gasteiger partial charge >= 0.3 is 0 Å². The minimum atomic E-state index is -0.729. The number of rotatable bonds is 5. The number of nitro groups is 1. The number of benzene rings is 3. The van der Waals surface area contributed by atoms with Crippen LogP contribution in [0.3, 0.4) is 0 Å². The van der Waals surface area contributed by atoms with Crippen molar-refractivity contribution >= 4 is 22.9 Å². The van der Waals surface area contributed by atoms with Crippen LogP contribution in [0.15, 0.2) is 84.6 Å². The monoisotopic (exact) mass is 416 g/mol. The molecule has 31 heavy (non-hydrogen) atoms. The second kappa shape index (κ2) is 8.31. The Kier molecular flexibility index (Phi) is 5.41. The average Bonchev–Trinajstić information content (AvgIpc) is 2.79. The molecule has 3 aromatic carbocycles. The lowest BCUT2D eigenvalue weighted by molar-refractivity contribution is -0.384. The summed E-state index contributed by atoms with van der Waals surface area (Å²) in [5.41, 5.74) is 2.38. The largest absolute Gasteiger partial charge is 0.497 e. The molecule has 0 saturated carbocycles. The van der Waals surface area contributed by atoms with Crippen molar-refractivity contribution in [3.8, 4) is 5.75 Å². The zero-order valence-corrected chi connectivity index (χ0v) is 17.0. The highest BCUT2D eigenvalue weighted by atomic mass is 16.6. The fourth-order valence-corrected chi connectivity index (χ4v) is 3.56. The van der Waals surface area contributed by atoms with Gasteiger partial charge in [0.05, 0.1) is 17.6 Å². The van der Waals surface area contributed by atoms with Crippen LogP contribution < -0.4 is 9.64 Å². The number of carbonyl (C=O) groups excluding carboxylic acids is 1. The molecule has 7 heteroatoms. The Hall–Kier alpha value is -4.13. The standard InChI is InChI=1S/C24H20N2O5/c1-16-22(17-6-4-3-5-7-17)23(27)25(19-10-12-20(13-11-19)26(28)29)24(31-16)18-8-14-21(30-2)15-9-18/h3-15,24H,1-2H3/t24-/m0/s1. The summed E-state index contributed by atoms with van der Waals surface area (Å²) in [6.45, 7) is 1.77. The van der Waals surface area contributed by atoms with E-state index in [2.05, 4.69) is 0 Å². The van der Waals surface area contributed by atoms with Gasteiger partial charge in [0.15, 0.2) is 0 Å². The Labute approximate surface area is 179 Å². The number of methoxy groups -OCH3 is 1. The molecule has 0 aromatic heterocycles. The molecule has 0 radical (unpaired) electrons. The van der Waals surface area contributed by atoms with Crippen molar-refractivity contribution < 1.29 is 19.2 Å². The lowest BCUT2D eigenvalue weighted by atomic mass is 10.00. The van der Waals surface area contributed by atoms with Crippen molar-refractivity contribution in [3.63, 3.8) is 0 Å². The van der Waals surface area contributed by atoms with E-state index in [-0.39, 0.29) is 11.6 Å². The maximum absolute atomic E-state index is 13.7.